The van der Waals surface area contributed by atoms with Crippen molar-refractivity contribution in [2.75, 3.05) is 5.01 Å². The van der Waals surface area contributed by atoms with E-state index in [-0.39, 0.29) is 0 Å². The summed E-state index contributed by atoms with van der Waals surface area (Å²) in [6.07, 6.45) is 4.01. The van der Waals surface area contributed by atoms with Crippen LogP contribution in [-0.2, 0) is 4.79 Å². The van der Waals surface area contributed by atoms with Crippen molar-refractivity contribution >= 4 is 33.7 Å². The second-order valence-corrected chi connectivity index (χ2v) is 5.26. The predicted molar refractivity (Wildman–Crippen MR) is 66.8 cm³/mol. The Balaban J connectivity index is 2.14. The molecule has 88 valence electrons. The van der Waals surface area contributed by atoms with Gasteiger partial charge in [-0.15, -0.1) is 11.3 Å². The molecule has 0 aliphatic heterocycles. The van der Waals surface area contributed by atoms with Crippen LogP contribution in [0.5, 0.6) is 0 Å². The van der Waals surface area contributed by atoms with Crippen molar-refractivity contribution in [3.8, 4) is 0 Å². The first-order chi connectivity index (χ1) is 8.18. The number of nitrogens with two attached hydrogens (primary N) is 1. The number of thiophene rings is 1. The standard InChI is InChI=1S/C11H12N4OS/c1-7-4-17-9-8(7)13-6-14-10(9)15(12)11(5-16)2-3-11/h4-6H,2-3,12H2,1H3. The maximum absolute atomic E-state index is 11.1. The van der Waals surface area contributed by atoms with Crippen molar-refractivity contribution in [2.45, 2.75) is 25.3 Å². The molecular formula is C11H12N4OS. The Hall–Kier alpha value is -1.53. The van der Waals surface area contributed by atoms with Crippen LogP contribution in [0.3, 0.4) is 0 Å². The number of anilines is 1. The quantitative estimate of drug-likeness (QED) is 0.505. The second-order valence-electron chi connectivity index (χ2n) is 4.39. The largest absolute Gasteiger partial charge is 0.301 e. The van der Waals surface area contributed by atoms with E-state index in [0.29, 0.717) is 5.82 Å². The molecule has 0 radical (unpaired) electrons. The first kappa shape index (κ1) is 10.6. The van der Waals surface area contributed by atoms with Crippen LogP contribution in [0.4, 0.5) is 5.82 Å². The Morgan fingerprint density at radius 3 is 2.94 bits per heavy atom. The minimum Gasteiger partial charge on any atom is -0.301 e. The molecule has 17 heavy (non-hydrogen) atoms. The molecule has 2 aromatic heterocycles. The highest BCUT2D eigenvalue weighted by molar-refractivity contribution is 7.18. The number of fused-ring (bicyclic) bond motifs is 1. The van der Waals surface area contributed by atoms with Gasteiger partial charge >= 0.3 is 0 Å². The molecule has 0 aromatic carbocycles. The molecule has 0 atom stereocenters. The Kier molecular flexibility index (Phi) is 2.17. The molecule has 1 aliphatic rings. The molecule has 0 spiro atoms. The second kappa shape index (κ2) is 3.48. The first-order valence-corrected chi connectivity index (χ1v) is 6.26. The number of carbonyl (C=O) groups is 1. The van der Waals surface area contributed by atoms with Gasteiger partial charge in [0.2, 0.25) is 0 Å². The third-order valence-electron chi connectivity index (χ3n) is 3.20. The van der Waals surface area contributed by atoms with Gasteiger partial charge in [-0.1, -0.05) is 0 Å². The number of hydrogen-bond donors (Lipinski definition) is 1. The lowest BCUT2D eigenvalue weighted by Gasteiger charge is -2.23. The fourth-order valence-electron chi connectivity index (χ4n) is 1.88. The summed E-state index contributed by atoms with van der Waals surface area (Å²) in [5.74, 6) is 6.69. The lowest BCUT2D eigenvalue weighted by atomic mass is 10.2. The number of carbonyl (C=O) groups excluding carboxylic acids is 1. The molecule has 2 aromatic rings. The fraction of sp³-hybridized carbons (Fsp3) is 0.364. The molecule has 6 heteroatoms. The molecule has 0 unspecified atom stereocenters. The summed E-state index contributed by atoms with van der Waals surface area (Å²) in [5.41, 5.74) is 1.48. The van der Waals surface area contributed by atoms with Crippen molar-refractivity contribution in [2.24, 2.45) is 5.84 Å². The SMILES string of the molecule is Cc1csc2c(N(N)C3(C=O)CC3)ncnc12. The molecule has 2 heterocycles. The van der Waals surface area contributed by atoms with Gasteiger partial charge in [-0.25, -0.2) is 15.8 Å². The van der Waals surface area contributed by atoms with Crippen molar-refractivity contribution in [3.05, 3.63) is 17.3 Å². The molecule has 0 amide bonds. The molecule has 1 saturated carbocycles. The first-order valence-electron chi connectivity index (χ1n) is 5.38. The maximum atomic E-state index is 11.1. The number of aryl methyl sites for hydroxylation is 1. The average Bonchev–Trinajstić information content (AvgIpc) is 3.08. The third-order valence-corrected chi connectivity index (χ3v) is 4.28. The number of aromatic nitrogens is 2. The highest BCUT2D eigenvalue weighted by atomic mass is 32.1. The highest BCUT2D eigenvalue weighted by Crippen LogP contribution is 2.42. The summed E-state index contributed by atoms with van der Waals surface area (Å²) >= 11 is 1.56. The van der Waals surface area contributed by atoms with Crippen LogP contribution in [0.25, 0.3) is 10.2 Å². The summed E-state index contributed by atoms with van der Waals surface area (Å²) < 4.78 is 0.945. The zero-order valence-electron chi connectivity index (χ0n) is 9.38. The predicted octanol–water partition coefficient (Wildman–Crippen LogP) is 1.41. The van der Waals surface area contributed by atoms with Crippen LogP contribution in [0.2, 0.25) is 0 Å². The normalized spacial score (nSPS) is 17.1. The van der Waals surface area contributed by atoms with Crippen LogP contribution in [-0.4, -0.2) is 21.8 Å². The maximum Gasteiger partial charge on any atom is 0.164 e. The van der Waals surface area contributed by atoms with Crippen LogP contribution < -0.4 is 10.9 Å². The average molecular weight is 248 g/mol. The molecule has 2 N–H and O–H groups in total. The summed E-state index contributed by atoms with van der Waals surface area (Å²) in [6.45, 7) is 2.00. The van der Waals surface area contributed by atoms with Crippen LogP contribution in [0.15, 0.2) is 11.7 Å². The Bertz CT molecular complexity index is 590. The third kappa shape index (κ3) is 1.44. The van der Waals surface area contributed by atoms with Crippen molar-refractivity contribution in [1.29, 1.82) is 0 Å². The number of aldehydes is 1. The highest BCUT2D eigenvalue weighted by Gasteiger charge is 2.48. The van der Waals surface area contributed by atoms with Gasteiger partial charge in [0, 0.05) is 0 Å². The van der Waals surface area contributed by atoms with Gasteiger partial charge in [-0.2, -0.15) is 0 Å². The van der Waals surface area contributed by atoms with E-state index in [0.717, 1.165) is 34.9 Å². The smallest absolute Gasteiger partial charge is 0.164 e. The van der Waals surface area contributed by atoms with Gasteiger partial charge in [0.05, 0.1) is 10.2 Å². The molecule has 1 aliphatic carbocycles. The lowest BCUT2D eigenvalue weighted by Crippen LogP contribution is -2.45. The topological polar surface area (TPSA) is 72.1 Å². The van der Waals surface area contributed by atoms with E-state index in [2.05, 4.69) is 9.97 Å². The van der Waals surface area contributed by atoms with Crippen molar-refractivity contribution < 1.29 is 4.79 Å². The van der Waals surface area contributed by atoms with Gasteiger partial charge in [0.1, 0.15) is 18.2 Å². The molecule has 1 fully saturated rings. The van der Waals surface area contributed by atoms with Crippen LogP contribution in [0, 0.1) is 6.92 Å². The van der Waals surface area contributed by atoms with E-state index in [4.69, 9.17) is 5.84 Å². The molecular weight excluding hydrogens is 236 g/mol. The molecule has 5 nitrogen and oxygen atoms in total. The Morgan fingerprint density at radius 1 is 1.53 bits per heavy atom. The summed E-state index contributed by atoms with van der Waals surface area (Å²) in [4.78, 5) is 19.5. The monoisotopic (exact) mass is 248 g/mol. The zero-order chi connectivity index (χ0) is 12.0. The minimum atomic E-state index is -0.542. The van der Waals surface area contributed by atoms with Gasteiger partial charge < -0.3 is 4.79 Å². The van der Waals surface area contributed by atoms with E-state index in [9.17, 15) is 4.79 Å². The number of hydrazine groups is 1. The number of nitrogens with zero attached hydrogens (tertiary/aromatic N) is 3. The van der Waals surface area contributed by atoms with E-state index in [1.807, 2.05) is 12.3 Å². The van der Waals surface area contributed by atoms with Gasteiger partial charge in [-0.05, 0) is 30.7 Å². The van der Waals surface area contributed by atoms with E-state index in [1.165, 1.54) is 11.3 Å². The van der Waals surface area contributed by atoms with E-state index >= 15 is 0 Å². The number of hydrogen-bond acceptors (Lipinski definition) is 6. The number of rotatable bonds is 3. The summed E-state index contributed by atoms with van der Waals surface area (Å²) in [6, 6.07) is 0. The Labute approximate surface area is 102 Å². The lowest BCUT2D eigenvalue weighted by molar-refractivity contribution is -0.109. The zero-order valence-corrected chi connectivity index (χ0v) is 10.2. The fourth-order valence-corrected chi connectivity index (χ4v) is 2.87. The van der Waals surface area contributed by atoms with Crippen molar-refractivity contribution in [1.82, 2.24) is 9.97 Å². The van der Waals surface area contributed by atoms with Gasteiger partial charge in [0.15, 0.2) is 5.82 Å². The molecule has 0 saturated heterocycles. The van der Waals surface area contributed by atoms with Crippen LogP contribution >= 0.6 is 11.3 Å². The molecule has 3 rings (SSSR count). The Morgan fingerprint density at radius 2 is 2.29 bits per heavy atom. The molecule has 0 bridgehead atoms. The van der Waals surface area contributed by atoms with Crippen molar-refractivity contribution in [3.63, 3.8) is 0 Å². The van der Waals surface area contributed by atoms with Gasteiger partial charge in [0.25, 0.3) is 0 Å². The summed E-state index contributed by atoms with van der Waals surface area (Å²) in [5, 5.41) is 3.52. The van der Waals surface area contributed by atoms with E-state index < -0.39 is 5.54 Å². The minimum absolute atomic E-state index is 0.542. The van der Waals surface area contributed by atoms with E-state index in [1.54, 1.807) is 11.3 Å². The van der Waals surface area contributed by atoms with Crippen LogP contribution in [0.1, 0.15) is 18.4 Å². The van der Waals surface area contributed by atoms with Gasteiger partial charge in [-0.3, -0.25) is 5.01 Å². The summed E-state index contributed by atoms with van der Waals surface area (Å²) in [7, 11) is 0.